The standard InChI is InChI=1S/C27H33N5O4/c1-20(33)30-15-13-29(14-16-30)18-21-6-7-24(35-2)25(17-21)36-22-8-11-31(12-9-22)27(34)23-19-32-10-4-3-5-26(32)28-23/h3-7,10,17,19,22H,8-9,11-16,18H2,1-2H3. The molecule has 0 N–H and O–H groups in total. The van der Waals surface area contributed by atoms with Gasteiger partial charge in [-0.25, -0.2) is 4.98 Å². The zero-order valence-corrected chi connectivity index (χ0v) is 20.9. The number of imidazole rings is 1. The first-order valence-electron chi connectivity index (χ1n) is 12.5. The summed E-state index contributed by atoms with van der Waals surface area (Å²) in [7, 11) is 1.65. The molecule has 0 spiro atoms. The second kappa shape index (κ2) is 10.6. The zero-order valence-electron chi connectivity index (χ0n) is 20.9. The molecule has 9 heteroatoms. The molecule has 9 nitrogen and oxygen atoms in total. The molecular formula is C27H33N5O4. The van der Waals surface area contributed by atoms with Crippen molar-refractivity contribution in [1.82, 2.24) is 24.1 Å². The number of piperidine rings is 1. The number of piperazine rings is 1. The van der Waals surface area contributed by atoms with Crippen LogP contribution in [0.15, 0.2) is 48.8 Å². The molecule has 0 atom stereocenters. The summed E-state index contributed by atoms with van der Waals surface area (Å²) in [6.45, 7) is 6.93. The molecule has 0 unspecified atom stereocenters. The normalized spacial score (nSPS) is 17.4. The van der Waals surface area contributed by atoms with Crippen LogP contribution in [0.5, 0.6) is 11.5 Å². The number of pyridine rings is 1. The largest absolute Gasteiger partial charge is 0.493 e. The minimum Gasteiger partial charge on any atom is -0.493 e. The van der Waals surface area contributed by atoms with Crippen LogP contribution in [0.25, 0.3) is 5.65 Å². The van der Waals surface area contributed by atoms with E-state index < -0.39 is 0 Å². The fourth-order valence-electron chi connectivity index (χ4n) is 4.95. The number of benzene rings is 1. The highest BCUT2D eigenvalue weighted by Crippen LogP contribution is 2.31. The van der Waals surface area contributed by atoms with E-state index in [9.17, 15) is 9.59 Å². The molecule has 0 bridgehead atoms. The first-order valence-corrected chi connectivity index (χ1v) is 12.5. The lowest BCUT2D eigenvalue weighted by Crippen LogP contribution is -2.47. The Morgan fingerprint density at radius 2 is 1.75 bits per heavy atom. The molecule has 0 aliphatic carbocycles. The summed E-state index contributed by atoms with van der Waals surface area (Å²) < 4.78 is 13.8. The molecule has 2 fully saturated rings. The number of carbonyl (C=O) groups is 2. The highest BCUT2D eigenvalue weighted by Gasteiger charge is 2.27. The van der Waals surface area contributed by atoms with Gasteiger partial charge < -0.3 is 23.7 Å². The number of fused-ring (bicyclic) bond motifs is 1. The lowest BCUT2D eigenvalue weighted by atomic mass is 10.1. The summed E-state index contributed by atoms with van der Waals surface area (Å²) in [6, 6.07) is 11.8. The van der Waals surface area contributed by atoms with Gasteiger partial charge in [-0.3, -0.25) is 14.5 Å². The maximum absolute atomic E-state index is 13.0. The SMILES string of the molecule is COc1ccc(CN2CCN(C(C)=O)CC2)cc1OC1CCN(C(=O)c2cn3ccccc3n2)CC1. The number of aromatic nitrogens is 2. The van der Waals surface area contributed by atoms with Crippen LogP contribution in [-0.4, -0.2) is 88.4 Å². The van der Waals surface area contributed by atoms with Crippen molar-refractivity contribution in [2.24, 2.45) is 0 Å². The second-order valence-corrected chi connectivity index (χ2v) is 9.47. The summed E-state index contributed by atoms with van der Waals surface area (Å²) in [4.78, 5) is 35.2. The average molecular weight is 492 g/mol. The molecule has 4 heterocycles. The van der Waals surface area contributed by atoms with E-state index in [4.69, 9.17) is 9.47 Å². The van der Waals surface area contributed by atoms with E-state index in [1.807, 2.05) is 44.7 Å². The van der Waals surface area contributed by atoms with E-state index >= 15 is 0 Å². The molecule has 1 aromatic carbocycles. The highest BCUT2D eigenvalue weighted by atomic mass is 16.5. The Balaban J connectivity index is 1.17. The summed E-state index contributed by atoms with van der Waals surface area (Å²) in [5, 5.41) is 0. The van der Waals surface area contributed by atoms with Crippen LogP contribution in [0, 0.1) is 0 Å². The minimum absolute atomic E-state index is 0.0124. The minimum atomic E-state index is -0.0402. The van der Waals surface area contributed by atoms with Gasteiger partial charge in [0.05, 0.1) is 7.11 Å². The lowest BCUT2D eigenvalue weighted by Gasteiger charge is -2.34. The Labute approximate surface area is 211 Å². The van der Waals surface area contributed by atoms with Gasteiger partial charge in [-0.05, 0) is 29.8 Å². The molecule has 3 aromatic rings. The van der Waals surface area contributed by atoms with Crippen molar-refractivity contribution in [1.29, 1.82) is 0 Å². The number of rotatable bonds is 6. The maximum Gasteiger partial charge on any atom is 0.274 e. The fourth-order valence-corrected chi connectivity index (χ4v) is 4.95. The second-order valence-electron chi connectivity index (χ2n) is 9.47. The van der Waals surface area contributed by atoms with Crippen molar-refractivity contribution in [2.45, 2.75) is 32.4 Å². The van der Waals surface area contributed by atoms with Crippen LogP contribution in [0.3, 0.4) is 0 Å². The number of hydrogen-bond donors (Lipinski definition) is 0. The first kappa shape index (κ1) is 24.1. The third kappa shape index (κ3) is 5.31. The third-order valence-corrected chi connectivity index (χ3v) is 7.06. The Hall–Kier alpha value is -3.59. The van der Waals surface area contributed by atoms with Crippen molar-refractivity contribution < 1.29 is 19.1 Å². The molecule has 5 rings (SSSR count). The quantitative estimate of drug-likeness (QED) is 0.528. The summed E-state index contributed by atoms with van der Waals surface area (Å²) in [6.07, 6.45) is 5.20. The number of amides is 2. The molecule has 2 aliphatic rings. The summed E-state index contributed by atoms with van der Waals surface area (Å²) >= 11 is 0. The molecule has 2 aromatic heterocycles. The molecule has 2 saturated heterocycles. The van der Waals surface area contributed by atoms with Crippen LogP contribution >= 0.6 is 0 Å². The predicted molar refractivity (Wildman–Crippen MR) is 135 cm³/mol. The van der Waals surface area contributed by atoms with Gasteiger partial charge in [0.2, 0.25) is 5.91 Å². The molecule has 190 valence electrons. The van der Waals surface area contributed by atoms with Crippen LogP contribution in [-0.2, 0) is 11.3 Å². The van der Waals surface area contributed by atoms with Crippen LogP contribution in [0.2, 0.25) is 0 Å². The van der Waals surface area contributed by atoms with Gasteiger partial charge in [-0.1, -0.05) is 12.1 Å². The van der Waals surface area contributed by atoms with E-state index in [0.29, 0.717) is 24.5 Å². The maximum atomic E-state index is 13.0. The molecule has 0 radical (unpaired) electrons. The Kier molecular flexibility index (Phi) is 7.09. The van der Waals surface area contributed by atoms with E-state index in [0.717, 1.165) is 62.5 Å². The van der Waals surface area contributed by atoms with Crippen molar-refractivity contribution >= 4 is 17.5 Å². The highest BCUT2D eigenvalue weighted by molar-refractivity contribution is 5.93. The third-order valence-electron chi connectivity index (χ3n) is 7.06. The smallest absolute Gasteiger partial charge is 0.274 e. The van der Waals surface area contributed by atoms with Gasteiger partial charge in [0.15, 0.2) is 11.5 Å². The van der Waals surface area contributed by atoms with Gasteiger partial charge in [0, 0.05) is 78.0 Å². The van der Waals surface area contributed by atoms with Gasteiger partial charge >= 0.3 is 0 Å². The predicted octanol–water partition coefficient (Wildman–Crippen LogP) is 2.69. The molecule has 2 aliphatic heterocycles. The van der Waals surface area contributed by atoms with E-state index in [2.05, 4.69) is 22.0 Å². The fraction of sp³-hybridized carbons (Fsp3) is 0.444. The molecule has 36 heavy (non-hydrogen) atoms. The number of likely N-dealkylation sites (tertiary alicyclic amines) is 1. The Bertz CT molecular complexity index is 1190. The molecule has 0 saturated carbocycles. The first-order chi connectivity index (χ1) is 17.5. The van der Waals surface area contributed by atoms with E-state index in [1.165, 1.54) is 0 Å². The van der Waals surface area contributed by atoms with Crippen molar-refractivity contribution in [3.05, 3.63) is 60.0 Å². The van der Waals surface area contributed by atoms with Crippen LogP contribution < -0.4 is 9.47 Å². The Morgan fingerprint density at radius 1 is 0.972 bits per heavy atom. The van der Waals surface area contributed by atoms with Crippen molar-refractivity contribution in [3.8, 4) is 11.5 Å². The van der Waals surface area contributed by atoms with E-state index in [-0.39, 0.29) is 17.9 Å². The zero-order chi connectivity index (χ0) is 25.1. The molecular weight excluding hydrogens is 458 g/mol. The van der Waals surface area contributed by atoms with Gasteiger partial charge in [0.25, 0.3) is 5.91 Å². The lowest BCUT2D eigenvalue weighted by molar-refractivity contribution is -0.130. The van der Waals surface area contributed by atoms with Gasteiger partial charge in [0.1, 0.15) is 17.4 Å². The van der Waals surface area contributed by atoms with E-state index in [1.54, 1.807) is 20.2 Å². The van der Waals surface area contributed by atoms with Gasteiger partial charge in [-0.2, -0.15) is 0 Å². The van der Waals surface area contributed by atoms with Crippen molar-refractivity contribution in [2.75, 3.05) is 46.4 Å². The summed E-state index contributed by atoms with van der Waals surface area (Å²) in [5.74, 6) is 1.55. The number of carbonyl (C=O) groups excluding carboxylic acids is 2. The average Bonchev–Trinajstić information content (AvgIpc) is 3.34. The van der Waals surface area contributed by atoms with Gasteiger partial charge in [-0.15, -0.1) is 0 Å². The van der Waals surface area contributed by atoms with Crippen LogP contribution in [0.1, 0.15) is 35.8 Å². The summed E-state index contributed by atoms with van der Waals surface area (Å²) in [5.41, 5.74) is 2.40. The van der Waals surface area contributed by atoms with Crippen molar-refractivity contribution in [3.63, 3.8) is 0 Å². The Morgan fingerprint density at radius 3 is 2.44 bits per heavy atom. The monoisotopic (exact) mass is 491 g/mol. The number of hydrogen-bond acceptors (Lipinski definition) is 6. The molecule has 2 amide bonds. The number of nitrogens with zero attached hydrogens (tertiary/aromatic N) is 5. The number of methoxy groups -OCH3 is 1. The topological polar surface area (TPSA) is 79.6 Å². The number of ether oxygens (including phenoxy) is 2. The van der Waals surface area contributed by atoms with Crippen LogP contribution in [0.4, 0.5) is 0 Å².